The lowest BCUT2D eigenvalue weighted by atomic mass is 10.1. The molecule has 0 unspecified atom stereocenters. The largest absolute Gasteiger partial charge is 0.421 e. The quantitative estimate of drug-likeness (QED) is 0.520. The highest BCUT2D eigenvalue weighted by atomic mass is 35.5. The third-order valence-electron chi connectivity index (χ3n) is 3.99. The van der Waals surface area contributed by atoms with Crippen molar-refractivity contribution in [2.75, 3.05) is 19.0 Å². The zero-order chi connectivity index (χ0) is 16.8. The number of hydrogen-bond donors (Lipinski definition) is 0. The van der Waals surface area contributed by atoms with Gasteiger partial charge < -0.3 is 9.32 Å². The molecular formula is C18H14ClN3O2. The minimum absolute atomic E-state index is 0.0855. The smallest absolute Gasteiger partial charge is 0.357 e. The van der Waals surface area contributed by atoms with E-state index in [2.05, 4.69) is 5.10 Å². The summed E-state index contributed by atoms with van der Waals surface area (Å²) in [6.45, 7) is 0. The van der Waals surface area contributed by atoms with Crippen LogP contribution < -0.4 is 10.5 Å². The molecule has 120 valence electrons. The van der Waals surface area contributed by atoms with Crippen molar-refractivity contribution in [2.45, 2.75) is 0 Å². The minimum atomic E-state index is -0.548. The van der Waals surface area contributed by atoms with Crippen molar-refractivity contribution in [3.63, 3.8) is 0 Å². The molecule has 2 aromatic carbocycles. The van der Waals surface area contributed by atoms with Gasteiger partial charge in [0.1, 0.15) is 5.02 Å². The van der Waals surface area contributed by atoms with Gasteiger partial charge in [0.05, 0.1) is 28.5 Å². The fourth-order valence-corrected chi connectivity index (χ4v) is 3.25. The molecule has 0 aliphatic heterocycles. The molecule has 0 spiro atoms. The Morgan fingerprint density at radius 1 is 1.08 bits per heavy atom. The van der Waals surface area contributed by atoms with Crippen LogP contribution >= 0.6 is 11.6 Å². The van der Waals surface area contributed by atoms with Crippen molar-refractivity contribution < 1.29 is 4.42 Å². The van der Waals surface area contributed by atoms with Gasteiger partial charge in [-0.05, 0) is 24.3 Å². The Bertz CT molecular complexity index is 1110. The van der Waals surface area contributed by atoms with Gasteiger partial charge in [0.25, 0.3) is 0 Å². The van der Waals surface area contributed by atoms with Crippen molar-refractivity contribution in [3.05, 3.63) is 64.1 Å². The summed E-state index contributed by atoms with van der Waals surface area (Å²) in [5.74, 6) is 0. The Balaban J connectivity index is 2.10. The van der Waals surface area contributed by atoms with E-state index in [1.165, 1.54) is 0 Å². The lowest BCUT2D eigenvalue weighted by Crippen LogP contribution is -2.14. The summed E-state index contributed by atoms with van der Waals surface area (Å²) in [6.07, 6.45) is 1.71. The van der Waals surface area contributed by atoms with E-state index in [9.17, 15) is 4.79 Å². The third kappa shape index (κ3) is 2.09. The van der Waals surface area contributed by atoms with Crippen LogP contribution in [0.1, 0.15) is 0 Å². The SMILES string of the molecule is CN(C)c1c(Cl)c(=O)oc2c1ccc1c2cnn1-c1ccccc1. The molecule has 4 aromatic rings. The molecule has 24 heavy (non-hydrogen) atoms. The number of halogens is 1. The maximum Gasteiger partial charge on any atom is 0.357 e. The number of hydrogen-bond acceptors (Lipinski definition) is 4. The van der Waals surface area contributed by atoms with Gasteiger partial charge in [-0.2, -0.15) is 5.10 Å². The van der Waals surface area contributed by atoms with Crippen molar-refractivity contribution in [3.8, 4) is 5.69 Å². The van der Waals surface area contributed by atoms with Crippen LogP contribution in [-0.2, 0) is 0 Å². The molecule has 0 N–H and O–H groups in total. The van der Waals surface area contributed by atoms with Gasteiger partial charge in [0, 0.05) is 19.5 Å². The van der Waals surface area contributed by atoms with Gasteiger partial charge in [-0.1, -0.05) is 29.8 Å². The Morgan fingerprint density at radius 2 is 1.83 bits per heavy atom. The first-order chi connectivity index (χ1) is 11.6. The van der Waals surface area contributed by atoms with E-state index < -0.39 is 5.63 Å². The minimum Gasteiger partial charge on any atom is -0.421 e. The molecule has 0 atom stereocenters. The average Bonchev–Trinajstić information content (AvgIpc) is 3.01. The Morgan fingerprint density at radius 3 is 2.54 bits per heavy atom. The van der Waals surface area contributed by atoms with E-state index in [0.717, 1.165) is 22.0 Å². The fraction of sp³-hybridized carbons (Fsp3) is 0.111. The number of anilines is 1. The second-order valence-corrected chi connectivity index (χ2v) is 6.09. The lowest BCUT2D eigenvalue weighted by molar-refractivity contribution is 0.564. The van der Waals surface area contributed by atoms with Crippen LogP contribution in [0.4, 0.5) is 5.69 Å². The topological polar surface area (TPSA) is 51.3 Å². The first-order valence-corrected chi connectivity index (χ1v) is 7.81. The van der Waals surface area contributed by atoms with Crippen molar-refractivity contribution in [2.24, 2.45) is 0 Å². The van der Waals surface area contributed by atoms with Gasteiger partial charge in [-0.15, -0.1) is 0 Å². The molecule has 2 aromatic heterocycles. The number of nitrogens with zero attached hydrogens (tertiary/aromatic N) is 3. The molecule has 0 fully saturated rings. The van der Waals surface area contributed by atoms with Crippen LogP contribution in [0.5, 0.6) is 0 Å². The summed E-state index contributed by atoms with van der Waals surface area (Å²) < 4.78 is 7.30. The first-order valence-electron chi connectivity index (χ1n) is 7.43. The molecular weight excluding hydrogens is 326 g/mol. The van der Waals surface area contributed by atoms with Crippen LogP contribution in [0.3, 0.4) is 0 Å². The highest BCUT2D eigenvalue weighted by molar-refractivity contribution is 6.34. The molecule has 0 aliphatic carbocycles. The van der Waals surface area contributed by atoms with Gasteiger partial charge in [-0.3, -0.25) is 0 Å². The maximum absolute atomic E-state index is 12.1. The zero-order valence-electron chi connectivity index (χ0n) is 13.2. The third-order valence-corrected chi connectivity index (χ3v) is 4.32. The van der Waals surface area contributed by atoms with Crippen molar-refractivity contribution in [1.82, 2.24) is 9.78 Å². The van der Waals surface area contributed by atoms with Crippen LogP contribution in [0.25, 0.3) is 27.6 Å². The Hall–Kier alpha value is -2.79. The molecule has 0 aliphatic rings. The van der Waals surface area contributed by atoms with E-state index in [1.807, 2.05) is 66.1 Å². The van der Waals surface area contributed by atoms with Gasteiger partial charge >= 0.3 is 5.63 Å². The number of benzene rings is 2. The maximum atomic E-state index is 12.1. The van der Waals surface area contributed by atoms with Gasteiger partial charge in [-0.25, -0.2) is 9.48 Å². The summed E-state index contributed by atoms with van der Waals surface area (Å²) in [4.78, 5) is 13.9. The van der Waals surface area contributed by atoms with Crippen molar-refractivity contribution >= 4 is 39.2 Å². The molecule has 0 bridgehead atoms. The van der Waals surface area contributed by atoms with E-state index in [-0.39, 0.29) is 5.02 Å². The molecule has 0 amide bonds. The first kappa shape index (κ1) is 14.8. The molecule has 0 radical (unpaired) electrons. The Labute approximate surface area is 142 Å². The van der Waals surface area contributed by atoms with Crippen LogP contribution in [0.2, 0.25) is 5.02 Å². The monoisotopic (exact) mass is 339 g/mol. The lowest BCUT2D eigenvalue weighted by Gasteiger charge is -2.16. The average molecular weight is 340 g/mol. The second-order valence-electron chi connectivity index (χ2n) is 5.71. The van der Waals surface area contributed by atoms with Crippen LogP contribution in [0, 0.1) is 0 Å². The molecule has 0 saturated heterocycles. The van der Waals surface area contributed by atoms with Crippen LogP contribution in [0.15, 0.2) is 57.9 Å². The molecule has 6 heteroatoms. The molecule has 0 saturated carbocycles. The van der Waals surface area contributed by atoms with Crippen LogP contribution in [-0.4, -0.2) is 23.9 Å². The fourth-order valence-electron chi connectivity index (χ4n) is 2.94. The summed E-state index contributed by atoms with van der Waals surface area (Å²) in [7, 11) is 3.69. The Kier molecular flexibility index (Phi) is 3.32. The normalized spacial score (nSPS) is 11.3. The highest BCUT2D eigenvalue weighted by Gasteiger charge is 2.18. The van der Waals surface area contributed by atoms with E-state index >= 15 is 0 Å². The predicted octanol–water partition coefficient (Wildman–Crippen LogP) is 3.85. The summed E-state index contributed by atoms with van der Waals surface area (Å²) in [5.41, 5.74) is 2.40. The summed E-state index contributed by atoms with van der Waals surface area (Å²) in [5, 5.41) is 6.09. The molecule has 4 rings (SSSR count). The second kappa shape index (κ2) is 5.39. The molecule has 5 nitrogen and oxygen atoms in total. The highest BCUT2D eigenvalue weighted by Crippen LogP contribution is 2.34. The standard InChI is InChI=1S/C18H14ClN3O2/c1-21(2)16-12-8-9-14-13(17(12)24-18(23)15(16)19)10-20-22(14)11-6-4-3-5-7-11/h3-10H,1-2H3. The summed E-state index contributed by atoms with van der Waals surface area (Å²) >= 11 is 6.15. The number of aromatic nitrogens is 2. The number of rotatable bonds is 2. The van der Waals surface area contributed by atoms with E-state index in [1.54, 1.807) is 6.20 Å². The number of fused-ring (bicyclic) bond motifs is 3. The molecule has 2 heterocycles. The number of para-hydroxylation sites is 1. The predicted molar refractivity (Wildman–Crippen MR) is 96.4 cm³/mol. The van der Waals surface area contributed by atoms with Crippen molar-refractivity contribution in [1.29, 1.82) is 0 Å². The zero-order valence-corrected chi connectivity index (χ0v) is 13.9. The van der Waals surface area contributed by atoms with Gasteiger partial charge in [0.2, 0.25) is 0 Å². The summed E-state index contributed by atoms with van der Waals surface area (Å²) in [6, 6.07) is 13.7. The van der Waals surface area contributed by atoms with E-state index in [0.29, 0.717) is 11.3 Å². The van der Waals surface area contributed by atoms with E-state index in [4.69, 9.17) is 16.0 Å². The van der Waals surface area contributed by atoms with Gasteiger partial charge in [0.15, 0.2) is 5.58 Å².